The van der Waals surface area contributed by atoms with Gasteiger partial charge in [-0.15, -0.1) is 6.42 Å². The number of benzene rings is 1. The van der Waals surface area contributed by atoms with Crippen molar-refractivity contribution in [2.24, 2.45) is 0 Å². The number of methoxy groups -OCH3 is 1. The second-order valence-electron chi connectivity index (χ2n) is 3.15. The lowest BCUT2D eigenvalue weighted by atomic mass is 10.2. The molecule has 1 atom stereocenters. The second kappa shape index (κ2) is 6.04. The third kappa shape index (κ3) is 3.18. The summed E-state index contributed by atoms with van der Waals surface area (Å²) in [5.74, 6) is 3.78. The summed E-state index contributed by atoms with van der Waals surface area (Å²) in [4.78, 5) is 0. The van der Waals surface area contributed by atoms with Crippen molar-refractivity contribution in [1.29, 1.82) is 0 Å². The van der Waals surface area contributed by atoms with Crippen molar-refractivity contribution in [2.45, 2.75) is 20.1 Å². The zero-order valence-corrected chi connectivity index (χ0v) is 9.82. The van der Waals surface area contributed by atoms with Crippen LogP contribution in [0.15, 0.2) is 18.2 Å². The Balaban J connectivity index is 2.84. The van der Waals surface area contributed by atoms with Crippen LogP contribution in [0, 0.1) is 12.3 Å². The highest BCUT2D eigenvalue weighted by Crippen LogP contribution is 2.28. The number of hydrogen-bond acceptors (Lipinski definition) is 3. The molecule has 1 aromatic rings. The molecule has 0 N–H and O–H groups in total. The van der Waals surface area contributed by atoms with Gasteiger partial charge in [-0.3, -0.25) is 0 Å². The van der Waals surface area contributed by atoms with Crippen LogP contribution >= 0.6 is 0 Å². The zero-order valence-electron chi connectivity index (χ0n) is 9.82. The van der Waals surface area contributed by atoms with Crippen molar-refractivity contribution in [1.82, 2.24) is 0 Å². The summed E-state index contributed by atoms with van der Waals surface area (Å²) >= 11 is 0. The topological polar surface area (TPSA) is 27.7 Å². The molecule has 0 aliphatic rings. The first-order chi connectivity index (χ1) is 7.71. The smallest absolute Gasteiger partial charge is 0.197 e. The largest absolute Gasteiger partial charge is 0.493 e. The number of ether oxygens (including phenoxy) is 3. The second-order valence-corrected chi connectivity index (χ2v) is 3.15. The van der Waals surface area contributed by atoms with Crippen LogP contribution in [0.4, 0.5) is 0 Å². The minimum Gasteiger partial charge on any atom is -0.493 e. The van der Waals surface area contributed by atoms with Gasteiger partial charge in [0, 0.05) is 12.2 Å². The summed E-state index contributed by atoms with van der Waals surface area (Å²) in [6.45, 7) is 4.35. The summed E-state index contributed by atoms with van der Waals surface area (Å²) in [5.41, 5.74) is 0.758. The van der Waals surface area contributed by atoms with Crippen LogP contribution in [0.1, 0.15) is 19.4 Å². The Morgan fingerprint density at radius 3 is 2.69 bits per heavy atom. The summed E-state index contributed by atoms with van der Waals surface area (Å²) < 4.78 is 16.0. The van der Waals surface area contributed by atoms with Crippen molar-refractivity contribution in [3.63, 3.8) is 0 Å². The molecule has 1 rings (SSSR count). The number of hydrogen-bond donors (Lipinski definition) is 0. The summed E-state index contributed by atoms with van der Waals surface area (Å²) in [6, 6.07) is 5.34. The Hall–Kier alpha value is -1.66. The maximum Gasteiger partial charge on any atom is 0.197 e. The normalized spacial score (nSPS) is 11.6. The third-order valence-electron chi connectivity index (χ3n) is 2.02. The van der Waals surface area contributed by atoms with Crippen molar-refractivity contribution < 1.29 is 14.2 Å². The lowest BCUT2D eigenvalue weighted by Gasteiger charge is -2.16. The van der Waals surface area contributed by atoms with E-state index in [1.807, 2.05) is 13.8 Å². The van der Waals surface area contributed by atoms with Gasteiger partial charge < -0.3 is 14.2 Å². The highest BCUT2D eigenvalue weighted by Gasteiger charge is 2.09. The molecular formula is C13H16O3. The molecular weight excluding hydrogens is 204 g/mol. The molecule has 0 bridgehead atoms. The molecule has 86 valence electrons. The molecule has 0 heterocycles. The van der Waals surface area contributed by atoms with E-state index in [2.05, 4.69) is 5.92 Å². The fourth-order valence-electron chi connectivity index (χ4n) is 1.30. The highest BCUT2D eigenvalue weighted by molar-refractivity contribution is 5.47. The van der Waals surface area contributed by atoms with Gasteiger partial charge in [0.1, 0.15) is 0 Å². The van der Waals surface area contributed by atoms with Gasteiger partial charge in [0.25, 0.3) is 0 Å². The molecule has 0 saturated heterocycles. The van der Waals surface area contributed by atoms with Gasteiger partial charge in [-0.25, -0.2) is 0 Å². The summed E-state index contributed by atoms with van der Waals surface area (Å²) in [6.07, 6.45) is 4.99. The van der Waals surface area contributed by atoms with Crippen LogP contribution in [0.3, 0.4) is 0 Å². The fraction of sp³-hybridized carbons (Fsp3) is 0.385. The molecule has 16 heavy (non-hydrogen) atoms. The monoisotopic (exact) mass is 220 g/mol. The van der Waals surface area contributed by atoms with Crippen molar-refractivity contribution in [3.05, 3.63) is 23.8 Å². The first-order valence-electron chi connectivity index (χ1n) is 5.14. The lowest BCUT2D eigenvalue weighted by molar-refractivity contribution is -0.0623. The maximum absolute atomic E-state index is 5.56. The SMILES string of the molecule is C#Cc1ccc(OC(C)OCC)c(OC)c1. The Morgan fingerprint density at radius 1 is 1.38 bits per heavy atom. The predicted molar refractivity (Wildman–Crippen MR) is 62.6 cm³/mol. The molecule has 0 radical (unpaired) electrons. The van der Waals surface area contributed by atoms with Gasteiger partial charge in [0.05, 0.1) is 7.11 Å². The summed E-state index contributed by atoms with van der Waals surface area (Å²) in [5, 5.41) is 0. The van der Waals surface area contributed by atoms with E-state index in [1.165, 1.54) is 0 Å². The molecule has 0 fully saturated rings. The Labute approximate surface area is 96.3 Å². The van der Waals surface area contributed by atoms with Gasteiger partial charge in [0.15, 0.2) is 17.8 Å². The number of rotatable bonds is 5. The third-order valence-corrected chi connectivity index (χ3v) is 2.02. The molecule has 0 spiro atoms. The van der Waals surface area contributed by atoms with Crippen LogP contribution in [0.25, 0.3) is 0 Å². The van der Waals surface area contributed by atoms with E-state index in [0.717, 1.165) is 5.56 Å². The van der Waals surface area contributed by atoms with E-state index >= 15 is 0 Å². The van der Waals surface area contributed by atoms with Crippen LogP contribution in [-0.2, 0) is 4.74 Å². The standard InChI is InChI=1S/C13H16O3/c1-5-11-7-8-12(13(9-11)14-4)16-10(3)15-6-2/h1,7-10H,6H2,2-4H3. The van der Waals surface area contributed by atoms with Crippen molar-refractivity contribution in [2.75, 3.05) is 13.7 Å². The van der Waals surface area contributed by atoms with E-state index in [4.69, 9.17) is 20.6 Å². The lowest BCUT2D eigenvalue weighted by Crippen LogP contribution is -2.16. The molecule has 0 aliphatic heterocycles. The molecule has 0 aliphatic carbocycles. The van der Waals surface area contributed by atoms with Crippen molar-refractivity contribution in [3.8, 4) is 23.8 Å². The molecule has 1 aromatic carbocycles. The Bertz CT molecular complexity index is 379. The van der Waals surface area contributed by atoms with E-state index < -0.39 is 0 Å². The first-order valence-corrected chi connectivity index (χ1v) is 5.14. The Morgan fingerprint density at radius 2 is 2.12 bits per heavy atom. The van der Waals surface area contributed by atoms with Gasteiger partial charge in [-0.2, -0.15) is 0 Å². The molecule has 0 aromatic heterocycles. The maximum atomic E-state index is 5.56. The Kier molecular flexibility index (Phi) is 4.68. The molecule has 0 saturated carbocycles. The van der Waals surface area contributed by atoms with Crippen LogP contribution in [-0.4, -0.2) is 20.0 Å². The highest BCUT2D eigenvalue weighted by atomic mass is 16.7. The molecule has 1 unspecified atom stereocenters. The quantitative estimate of drug-likeness (QED) is 0.563. The minimum absolute atomic E-state index is 0.310. The average Bonchev–Trinajstić information content (AvgIpc) is 2.30. The van der Waals surface area contributed by atoms with Gasteiger partial charge in [-0.05, 0) is 32.0 Å². The molecule has 3 nitrogen and oxygen atoms in total. The number of terminal acetylenes is 1. The van der Waals surface area contributed by atoms with Gasteiger partial charge >= 0.3 is 0 Å². The predicted octanol–water partition coefficient (Wildman–Crippen LogP) is 2.44. The molecule has 0 amide bonds. The van der Waals surface area contributed by atoms with Crippen LogP contribution < -0.4 is 9.47 Å². The zero-order chi connectivity index (χ0) is 12.0. The minimum atomic E-state index is -0.310. The fourth-order valence-corrected chi connectivity index (χ4v) is 1.30. The van der Waals surface area contributed by atoms with Crippen LogP contribution in [0.2, 0.25) is 0 Å². The summed E-state index contributed by atoms with van der Waals surface area (Å²) in [7, 11) is 1.58. The van der Waals surface area contributed by atoms with E-state index in [-0.39, 0.29) is 6.29 Å². The van der Waals surface area contributed by atoms with E-state index in [1.54, 1.807) is 25.3 Å². The average molecular weight is 220 g/mol. The molecule has 3 heteroatoms. The van der Waals surface area contributed by atoms with Gasteiger partial charge in [-0.1, -0.05) is 5.92 Å². The van der Waals surface area contributed by atoms with E-state index in [9.17, 15) is 0 Å². The first kappa shape index (κ1) is 12.4. The van der Waals surface area contributed by atoms with Crippen molar-refractivity contribution >= 4 is 0 Å². The van der Waals surface area contributed by atoms with Gasteiger partial charge in [0.2, 0.25) is 0 Å². The van der Waals surface area contributed by atoms with Crippen LogP contribution in [0.5, 0.6) is 11.5 Å². The van der Waals surface area contributed by atoms with E-state index in [0.29, 0.717) is 18.1 Å².